The molecule has 0 aliphatic carbocycles. The smallest absolute Gasteiger partial charge is 0.252 e. The Morgan fingerprint density at radius 2 is 2.13 bits per heavy atom. The SMILES string of the molecule is CC(C)CCc1ccc(C(N)=O)c(O)c1. The van der Waals surface area contributed by atoms with E-state index in [-0.39, 0.29) is 11.3 Å². The summed E-state index contributed by atoms with van der Waals surface area (Å²) in [5, 5.41) is 9.53. The van der Waals surface area contributed by atoms with Crippen molar-refractivity contribution >= 4 is 5.91 Å². The van der Waals surface area contributed by atoms with E-state index in [1.54, 1.807) is 12.1 Å². The number of aryl methyl sites for hydroxylation is 1. The van der Waals surface area contributed by atoms with E-state index in [9.17, 15) is 9.90 Å². The molecule has 0 atom stereocenters. The number of benzene rings is 1. The van der Waals surface area contributed by atoms with Crippen molar-refractivity contribution in [2.45, 2.75) is 26.7 Å². The molecule has 3 heteroatoms. The average molecular weight is 207 g/mol. The van der Waals surface area contributed by atoms with Crippen molar-refractivity contribution in [1.82, 2.24) is 0 Å². The van der Waals surface area contributed by atoms with Gasteiger partial charge in [0.25, 0.3) is 5.91 Å². The molecule has 3 N–H and O–H groups in total. The normalized spacial score (nSPS) is 10.6. The average Bonchev–Trinajstić information content (AvgIpc) is 2.14. The summed E-state index contributed by atoms with van der Waals surface area (Å²) < 4.78 is 0. The fourth-order valence-electron chi connectivity index (χ4n) is 1.40. The first kappa shape index (κ1) is 11.6. The van der Waals surface area contributed by atoms with Crippen LogP contribution in [0.15, 0.2) is 18.2 Å². The van der Waals surface area contributed by atoms with Gasteiger partial charge < -0.3 is 10.8 Å². The molecule has 0 bridgehead atoms. The fraction of sp³-hybridized carbons (Fsp3) is 0.417. The second-order valence-electron chi connectivity index (χ2n) is 4.15. The highest BCUT2D eigenvalue weighted by Gasteiger charge is 2.07. The quantitative estimate of drug-likeness (QED) is 0.794. The van der Waals surface area contributed by atoms with Crippen LogP contribution in [0.2, 0.25) is 0 Å². The van der Waals surface area contributed by atoms with E-state index in [1.165, 1.54) is 0 Å². The van der Waals surface area contributed by atoms with Gasteiger partial charge in [0.2, 0.25) is 0 Å². The Kier molecular flexibility index (Phi) is 3.72. The zero-order valence-electron chi connectivity index (χ0n) is 9.16. The summed E-state index contributed by atoms with van der Waals surface area (Å²) in [5.41, 5.74) is 6.31. The third-order valence-electron chi connectivity index (χ3n) is 2.34. The highest BCUT2D eigenvalue weighted by molar-refractivity contribution is 5.95. The van der Waals surface area contributed by atoms with E-state index in [0.717, 1.165) is 18.4 Å². The number of hydrogen-bond acceptors (Lipinski definition) is 2. The number of amides is 1. The Morgan fingerprint density at radius 1 is 1.47 bits per heavy atom. The van der Waals surface area contributed by atoms with E-state index in [4.69, 9.17) is 5.73 Å². The number of carbonyl (C=O) groups is 1. The zero-order valence-corrected chi connectivity index (χ0v) is 9.16. The Labute approximate surface area is 89.9 Å². The van der Waals surface area contributed by atoms with Crippen molar-refractivity contribution in [3.8, 4) is 5.75 Å². The Bertz CT molecular complexity index is 359. The van der Waals surface area contributed by atoms with Crippen molar-refractivity contribution in [3.63, 3.8) is 0 Å². The van der Waals surface area contributed by atoms with Crippen LogP contribution >= 0.6 is 0 Å². The Morgan fingerprint density at radius 3 is 2.60 bits per heavy atom. The third kappa shape index (κ3) is 3.27. The van der Waals surface area contributed by atoms with Crippen LogP contribution in [-0.2, 0) is 6.42 Å². The van der Waals surface area contributed by atoms with E-state index >= 15 is 0 Å². The number of phenols is 1. The molecule has 0 heterocycles. The first-order valence-electron chi connectivity index (χ1n) is 5.12. The predicted molar refractivity (Wildman–Crippen MR) is 59.8 cm³/mol. The maximum absolute atomic E-state index is 10.9. The Hall–Kier alpha value is -1.51. The van der Waals surface area contributed by atoms with Gasteiger partial charge in [-0.05, 0) is 36.5 Å². The minimum absolute atomic E-state index is 0.0243. The number of rotatable bonds is 4. The van der Waals surface area contributed by atoms with Gasteiger partial charge in [0, 0.05) is 0 Å². The minimum Gasteiger partial charge on any atom is -0.507 e. The molecule has 1 aromatic carbocycles. The molecule has 0 aliphatic rings. The number of hydrogen-bond donors (Lipinski definition) is 2. The molecular formula is C12H17NO2. The standard InChI is InChI=1S/C12H17NO2/c1-8(2)3-4-9-5-6-10(12(13)15)11(14)7-9/h5-8,14H,3-4H2,1-2H3,(H2,13,15). The molecular weight excluding hydrogens is 190 g/mol. The number of primary amides is 1. The molecule has 0 saturated carbocycles. The van der Waals surface area contributed by atoms with E-state index < -0.39 is 5.91 Å². The summed E-state index contributed by atoms with van der Waals surface area (Å²) >= 11 is 0. The van der Waals surface area contributed by atoms with Crippen LogP contribution < -0.4 is 5.73 Å². The number of aromatic hydroxyl groups is 1. The van der Waals surface area contributed by atoms with Gasteiger partial charge in [-0.25, -0.2) is 0 Å². The van der Waals surface area contributed by atoms with Gasteiger partial charge in [0.1, 0.15) is 5.75 Å². The third-order valence-corrected chi connectivity index (χ3v) is 2.34. The van der Waals surface area contributed by atoms with E-state index in [2.05, 4.69) is 13.8 Å². The molecule has 82 valence electrons. The zero-order chi connectivity index (χ0) is 11.4. The minimum atomic E-state index is -0.595. The van der Waals surface area contributed by atoms with E-state index in [1.807, 2.05) is 6.07 Å². The number of carbonyl (C=O) groups excluding carboxylic acids is 1. The lowest BCUT2D eigenvalue weighted by atomic mass is 10.0. The molecule has 0 unspecified atom stereocenters. The maximum Gasteiger partial charge on any atom is 0.252 e. The highest BCUT2D eigenvalue weighted by Crippen LogP contribution is 2.20. The first-order chi connectivity index (χ1) is 7.00. The van der Waals surface area contributed by atoms with Crippen LogP contribution in [0.1, 0.15) is 36.2 Å². The predicted octanol–water partition coefficient (Wildman–Crippen LogP) is 2.08. The lowest BCUT2D eigenvalue weighted by Crippen LogP contribution is -2.11. The van der Waals surface area contributed by atoms with Crippen molar-refractivity contribution in [2.24, 2.45) is 11.7 Å². The summed E-state index contributed by atoms with van der Waals surface area (Å²) in [6.45, 7) is 4.30. The molecule has 0 radical (unpaired) electrons. The molecule has 0 aromatic heterocycles. The summed E-state index contributed by atoms with van der Waals surface area (Å²) in [6, 6.07) is 5.03. The van der Waals surface area contributed by atoms with Crippen LogP contribution in [0.4, 0.5) is 0 Å². The molecule has 15 heavy (non-hydrogen) atoms. The van der Waals surface area contributed by atoms with Gasteiger partial charge in [-0.3, -0.25) is 4.79 Å². The lowest BCUT2D eigenvalue weighted by Gasteiger charge is -2.06. The maximum atomic E-state index is 10.9. The second kappa shape index (κ2) is 4.82. The van der Waals surface area contributed by atoms with Gasteiger partial charge in [0.15, 0.2) is 0 Å². The molecule has 0 saturated heterocycles. The summed E-state index contributed by atoms with van der Waals surface area (Å²) in [7, 11) is 0. The van der Waals surface area contributed by atoms with Crippen LogP contribution in [0.25, 0.3) is 0 Å². The van der Waals surface area contributed by atoms with Crippen LogP contribution in [0.5, 0.6) is 5.75 Å². The molecule has 0 fully saturated rings. The molecule has 0 aliphatic heterocycles. The van der Waals surface area contributed by atoms with E-state index in [0.29, 0.717) is 5.92 Å². The molecule has 1 rings (SSSR count). The van der Waals surface area contributed by atoms with Crippen LogP contribution in [-0.4, -0.2) is 11.0 Å². The van der Waals surface area contributed by atoms with Gasteiger partial charge in [0.05, 0.1) is 5.56 Å². The molecule has 0 spiro atoms. The molecule has 1 amide bonds. The topological polar surface area (TPSA) is 63.3 Å². The van der Waals surface area contributed by atoms with Gasteiger partial charge >= 0.3 is 0 Å². The largest absolute Gasteiger partial charge is 0.507 e. The van der Waals surface area contributed by atoms with Crippen LogP contribution in [0.3, 0.4) is 0 Å². The summed E-state index contributed by atoms with van der Waals surface area (Å²) in [5.74, 6) is 0.00891. The van der Waals surface area contributed by atoms with Crippen molar-refractivity contribution < 1.29 is 9.90 Å². The monoisotopic (exact) mass is 207 g/mol. The molecule has 1 aromatic rings. The molecule has 3 nitrogen and oxygen atoms in total. The van der Waals surface area contributed by atoms with Gasteiger partial charge in [-0.15, -0.1) is 0 Å². The van der Waals surface area contributed by atoms with Gasteiger partial charge in [-0.2, -0.15) is 0 Å². The first-order valence-corrected chi connectivity index (χ1v) is 5.12. The van der Waals surface area contributed by atoms with Crippen LogP contribution in [0, 0.1) is 5.92 Å². The number of nitrogens with two attached hydrogens (primary N) is 1. The summed E-state index contributed by atoms with van der Waals surface area (Å²) in [4.78, 5) is 10.9. The lowest BCUT2D eigenvalue weighted by molar-refractivity contribution is 0.0998. The van der Waals surface area contributed by atoms with Crippen molar-refractivity contribution in [1.29, 1.82) is 0 Å². The van der Waals surface area contributed by atoms with Crippen molar-refractivity contribution in [2.75, 3.05) is 0 Å². The van der Waals surface area contributed by atoms with Crippen molar-refractivity contribution in [3.05, 3.63) is 29.3 Å². The fourth-order valence-corrected chi connectivity index (χ4v) is 1.40. The highest BCUT2D eigenvalue weighted by atomic mass is 16.3. The summed E-state index contributed by atoms with van der Waals surface area (Å²) in [6.07, 6.45) is 1.97. The van der Waals surface area contributed by atoms with Gasteiger partial charge in [-0.1, -0.05) is 19.9 Å². The Balaban J connectivity index is 2.78. The second-order valence-corrected chi connectivity index (χ2v) is 4.15.